The number of benzene rings is 1. The number of methoxy groups -OCH3 is 1. The first-order valence-corrected chi connectivity index (χ1v) is 9.09. The highest BCUT2D eigenvalue weighted by molar-refractivity contribution is 7.98. The second-order valence-electron chi connectivity index (χ2n) is 4.57. The molecule has 0 aliphatic heterocycles. The molecule has 2 aromatic heterocycles. The number of hydrogen-bond donors (Lipinski definition) is 0. The van der Waals surface area contributed by atoms with Gasteiger partial charge in [0.2, 0.25) is 0 Å². The molecular formula is C16H16N2O3S2. The third kappa shape index (κ3) is 4.49. The summed E-state index contributed by atoms with van der Waals surface area (Å²) in [5.74, 6) is 4.53. The SMILES string of the molecule is COc1ccc(OCCSCc2noc(-c3cccs3)n2)cc1. The Labute approximate surface area is 142 Å². The lowest BCUT2D eigenvalue weighted by atomic mass is 10.3. The highest BCUT2D eigenvalue weighted by Crippen LogP contribution is 2.23. The number of thiophene rings is 1. The summed E-state index contributed by atoms with van der Waals surface area (Å²) in [4.78, 5) is 5.38. The molecule has 0 N–H and O–H groups in total. The van der Waals surface area contributed by atoms with E-state index in [2.05, 4.69) is 10.1 Å². The molecule has 120 valence electrons. The molecule has 0 amide bonds. The van der Waals surface area contributed by atoms with Crippen molar-refractivity contribution in [3.05, 3.63) is 47.6 Å². The first-order chi connectivity index (χ1) is 11.3. The van der Waals surface area contributed by atoms with E-state index < -0.39 is 0 Å². The number of aromatic nitrogens is 2. The quantitative estimate of drug-likeness (QED) is 0.571. The van der Waals surface area contributed by atoms with E-state index >= 15 is 0 Å². The maximum absolute atomic E-state index is 5.67. The van der Waals surface area contributed by atoms with Gasteiger partial charge in [0.1, 0.15) is 11.5 Å². The van der Waals surface area contributed by atoms with Crippen LogP contribution in [0.3, 0.4) is 0 Å². The molecule has 0 aliphatic rings. The molecule has 0 aliphatic carbocycles. The monoisotopic (exact) mass is 348 g/mol. The lowest BCUT2D eigenvalue weighted by Crippen LogP contribution is -2.00. The highest BCUT2D eigenvalue weighted by atomic mass is 32.2. The van der Waals surface area contributed by atoms with Crippen LogP contribution in [-0.4, -0.2) is 29.6 Å². The summed E-state index contributed by atoms with van der Waals surface area (Å²) < 4.78 is 16.0. The number of hydrogen-bond acceptors (Lipinski definition) is 7. The van der Waals surface area contributed by atoms with Crippen molar-refractivity contribution in [2.75, 3.05) is 19.5 Å². The summed E-state index contributed by atoms with van der Waals surface area (Å²) in [5.41, 5.74) is 0. The van der Waals surface area contributed by atoms with Gasteiger partial charge in [0.05, 0.1) is 24.3 Å². The van der Waals surface area contributed by atoms with Gasteiger partial charge in [-0.15, -0.1) is 11.3 Å². The fourth-order valence-corrected chi connectivity index (χ4v) is 3.16. The number of ether oxygens (including phenoxy) is 2. The second kappa shape index (κ2) is 8.03. The lowest BCUT2D eigenvalue weighted by Gasteiger charge is -2.06. The molecule has 5 nitrogen and oxygen atoms in total. The molecule has 7 heteroatoms. The Bertz CT molecular complexity index is 711. The van der Waals surface area contributed by atoms with Crippen molar-refractivity contribution in [2.45, 2.75) is 5.75 Å². The van der Waals surface area contributed by atoms with Crippen molar-refractivity contribution >= 4 is 23.1 Å². The lowest BCUT2D eigenvalue weighted by molar-refractivity contribution is 0.342. The van der Waals surface area contributed by atoms with Crippen LogP contribution in [0.25, 0.3) is 10.8 Å². The Hall–Kier alpha value is -1.99. The Balaban J connectivity index is 1.38. The molecule has 0 atom stereocenters. The standard InChI is InChI=1S/C16H16N2O3S2/c1-19-12-4-6-13(7-5-12)20-8-10-22-11-15-17-16(21-18-15)14-3-2-9-23-14/h2-7,9H,8,10-11H2,1H3. The van der Waals surface area contributed by atoms with Crippen LogP contribution < -0.4 is 9.47 Å². The molecule has 0 radical (unpaired) electrons. The van der Waals surface area contributed by atoms with E-state index in [-0.39, 0.29) is 0 Å². The molecule has 0 spiro atoms. The largest absolute Gasteiger partial charge is 0.497 e. The predicted octanol–water partition coefficient (Wildman–Crippen LogP) is 4.12. The molecule has 23 heavy (non-hydrogen) atoms. The first kappa shape index (κ1) is 15.9. The van der Waals surface area contributed by atoms with Gasteiger partial charge >= 0.3 is 0 Å². The van der Waals surface area contributed by atoms with Crippen LogP contribution in [0.5, 0.6) is 11.5 Å². The van der Waals surface area contributed by atoms with E-state index in [1.165, 1.54) is 0 Å². The van der Waals surface area contributed by atoms with Gasteiger partial charge in [0.25, 0.3) is 5.89 Å². The van der Waals surface area contributed by atoms with Crippen LogP contribution in [0.1, 0.15) is 5.82 Å². The van der Waals surface area contributed by atoms with Gasteiger partial charge in [-0.3, -0.25) is 0 Å². The Morgan fingerprint density at radius 1 is 1.17 bits per heavy atom. The Kier molecular flexibility index (Phi) is 5.55. The topological polar surface area (TPSA) is 57.4 Å². The third-order valence-corrected chi connectivity index (χ3v) is 4.76. The summed E-state index contributed by atoms with van der Waals surface area (Å²) in [5, 5.41) is 5.98. The molecule has 0 saturated carbocycles. The first-order valence-electron chi connectivity index (χ1n) is 7.06. The van der Waals surface area contributed by atoms with Crippen molar-refractivity contribution < 1.29 is 14.0 Å². The van der Waals surface area contributed by atoms with E-state index in [1.54, 1.807) is 30.2 Å². The molecule has 2 heterocycles. The minimum Gasteiger partial charge on any atom is -0.497 e. The smallest absolute Gasteiger partial charge is 0.268 e. The van der Waals surface area contributed by atoms with Crippen molar-refractivity contribution in [3.8, 4) is 22.3 Å². The fourth-order valence-electron chi connectivity index (χ4n) is 1.87. The average molecular weight is 348 g/mol. The molecule has 0 saturated heterocycles. The molecule has 0 unspecified atom stereocenters. The van der Waals surface area contributed by atoms with Gasteiger partial charge in [-0.2, -0.15) is 16.7 Å². The van der Waals surface area contributed by atoms with Gasteiger partial charge in [0, 0.05) is 5.75 Å². The van der Waals surface area contributed by atoms with Crippen molar-refractivity contribution in [1.82, 2.24) is 10.1 Å². The summed E-state index contributed by atoms with van der Waals surface area (Å²) in [7, 11) is 1.65. The van der Waals surface area contributed by atoms with Gasteiger partial charge in [-0.25, -0.2) is 0 Å². The second-order valence-corrected chi connectivity index (χ2v) is 6.62. The molecule has 1 aromatic carbocycles. The molecule has 0 fully saturated rings. The normalized spacial score (nSPS) is 10.7. The van der Waals surface area contributed by atoms with Crippen LogP contribution in [0.4, 0.5) is 0 Å². The fraction of sp³-hybridized carbons (Fsp3) is 0.250. The van der Waals surface area contributed by atoms with Gasteiger partial charge in [-0.05, 0) is 35.7 Å². The maximum Gasteiger partial charge on any atom is 0.268 e. The van der Waals surface area contributed by atoms with Crippen molar-refractivity contribution in [1.29, 1.82) is 0 Å². The van der Waals surface area contributed by atoms with Crippen molar-refractivity contribution in [2.24, 2.45) is 0 Å². The molecule has 3 rings (SSSR count). The van der Waals surface area contributed by atoms with Crippen LogP contribution in [0.2, 0.25) is 0 Å². The molecular weight excluding hydrogens is 332 g/mol. The van der Waals surface area contributed by atoms with E-state index in [0.29, 0.717) is 24.1 Å². The van der Waals surface area contributed by atoms with E-state index in [0.717, 1.165) is 22.1 Å². The predicted molar refractivity (Wildman–Crippen MR) is 92.3 cm³/mol. The highest BCUT2D eigenvalue weighted by Gasteiger charge is 2.09. The van der Waals surface area contributed by atoms with Crippen LogP contribution >= 0.6 is 23.1 Å². The minimum atomic E-state index is 0.588. The molecule has 3 aromatic rings. The Morgan fingerprint density at radius 2 is 2.00 bits per heavy atom. The summed E-state index contributed by atoms with van der Waals surface area (Å²) in [6, 6.07) is 11.5. The zero-order chi connectivity index (χ0) is 15.9. The van der Waals surface area contributed by atoms with E-state index in [9.17, 15) is 0 Å². The summed E-state index contributed by atoms with van der Waals surface area (Å²) in [6.45, 7) is 0.632. The van der Waals surface area contributed by atoms with Crippen LogP contribution in [0.15, 0.2) is 46.3 Å². The van der Waals surface area contributed by atoms with Crippen LogP contribution in [0, 0.1) is 0 Å². The van der Waals surface area contributed by atoms with Gasteiger partial charge < -0.3 is 14.0 Å². The van der Waals surface area contributed by atoms with Gasteiger partial charge in [0.15, 0.2) is 5.82 Å². The summed E-state index contributed by atoms with van der Waals surface area (Å²) in [6.07, 6.45) is 0. The molecule has 0 bridgehead atoms. The maximum atomic E-state index is 5.67. The zero-order valence-corrected chi connectivity index (χ0v) is 14.2. The third-order valence-electron chi connectivity index (χ3n) is 2.99. The number of thioether (sulfide) groups is 1. The number of rotatable bonds is 8. The zero-order valence-electron chi connectivity index (χ0n) is 12.6. The average Bonchev–Trinajstić information content (AvgIpc) is 3.26. The summed E-state index contributed by atoms with van der Waals surface area (Å²) >= 11 is 3.30. The van der Waals surface area contributed by atoms with E-state index in [1.807, 2.05) is 41.8 Å². The van der Waals surface area contributed by atoms with Crippen LogP contribution in [-0.2, 0) is 5.75 Å². The van der Waals surface area contributed by atoms with Gasteiger partial charge in [-0.1, -0.05) is 11.2 Å². The minimum absolute atomic E-state index is 0.588. The Morgan fingerprint density at radius 3 is 2.74 bits per heavy atom. The van der Waals surface area contributed by atoms with Crippen molar-refractivity contribution in [3.63, 3.8) is 0 Å². The van der Waals surface area contributed by atoms with E-state index in [4.69, 9.17) is 14.0 Å². The number of nitrogens with zero attached hydrogens (tertiary/aromatic N) is 2.